The molecule has 0 atom stereocenters. The number of halogens is 1. The average Bonchev–Trinajstić information content (AvgIpc) is 2.96. The lowest BCUT2D eigenvalue weighted by atomic mass is 9.87. The molecule has 0 bridgehead atoms. The Morgan fingerprint density at radius 1 is 1.56 bits per heavy atom. The highest BCUT2D eigenvalue weighted by Crippen LogP contribution is 2.37. The van der Waals surface area contributed by atoms with Crippen LogP contribution in [0.3, 0.4) is 0 Å². The number of rotatable bonds is 4. The van der Waals surface area contributed by atoms with Gasteiger partial charge in [-0.3, -0.25) is 4.79 Å². The minimum atomic E-state index is -0.127. The molecule has 0 unspecified atom stereocenters. The Morgan fingerprint density at radius 2 is 2.22 bits per heavy atom. The lowest BCUT2D eigenvalue weighted by Crippen LogP contribution is -2.38. The van der Waals surface area contributed by atoms with Crippen molar-refractivity contribution < 1.29 is 9.90 Å². The summed E-state index contributed by atoms with van der Waals surface area (Å²) in [6.07, 6.45) is 4.24. The van der Waals surface area contributed by atoms with E-state index >= 15 is 0 Å². The zero-order valence-electron chi connectivity index (χ0n) is 10.5. The van der Waals surface area contributed by atoms with Gasteiger partial charge in [0, 0.05) is 12.0 Å². The molecule has 1 aromatic rings. The van der Waals surface area contributed by atoms with Gasteiger partial charge in [0.2, 0.25) is 0 Å². The van der Waals surface area contributed by atoms with Crippen molar-refractivity contribution in [1.29, 1.82) is 0 Å². The first-order valence-electron chi connectivity index (χ1n) is 6.21. The SMILES string of the molecule is Cc1csc(C(=O)NCC2(CO)CCCC2)c1Cl. The molecule has 1 aromatic heterocycles. The fourth-order valence-corrected chi connectivity index (χ4v) is 3.64. The van der Waals surface area contributed by atoms with E-state index in [4.69, 9.17) is 11.6 Å². The molecule has 18 heavy (non-hydrogen) atoms. The standard InChI is InChI=1S/C13H18ClNO2S/c1-9-6-18-11(10(9)14)12(17)15-7-13(8-16)4-2-3-5-13/h6,16H,2-5,7-8H2,1H3,(H,15,17). The van der Waals surface area contributed by atoms with Crippen molar-refractivity contribution in [2.75, 3.05) is 13.2 Å². The van der Waals surface area contributed by atoms with Gasteiger partial charge >= 0.3 is 0 Å². The molecule has 100 valence electrons. The van der Waals surface area contributed by atoms with Gasteiger partial charge < -0.3 is 10.4 Å². The molecular weight excluding hydrogens is 270 g/mol. The highest BCUT2D eigenvalue weighted by molar-refractivity contribution is 7.13. The summed E-state index contributed by atoms with van der Waals surface area (Å²) in [6.45, 7) is 2.57. The summed E-state index contributed by atoms with van der Waals surface area (Å²) in [5, 5.41) is 14.8. The molecule has 1 aliphatic rings. The number of thiophene rings is 1. The number of aryl methyl sites for hydroxylation is 1. The van der Waals surface area contributed by atoms with Gasteiger partial charge in [-0.15, -0.1) is 11.3 Å². The molecular formula is C13H18ClNO2S. The highest BCUT2D eigenvalue weighted by atomic mass is 35.5. The number of amides is 1. The first-order valence-corrected chi connectivity index (χ1v) is 7.46. The van der Waals surface area contributed by atoms with E-state index in [1.165, 1.54) is 11.3 Å². The highest BCUT2D eigenvalue weighted by Gasteiger charge is 2.33. The van der Waals surface area contributed by atoms with E-state index in [0.717, 1.165) is 31.2 Å². The third kappa shape index (κ3) is 2.71. The van der Waals surface area contributed by atoms with Gasteiger partial charge in [-0.25, -0.2) is 0 Å². The number of aliphatic hydroxyl groups excluding tert-OH is 1. The molecule has 3 nitrogen and oxygen atoms in total. The number of nitrogens with one attached hydrogen (secondary N) is 1. The van der Waals surface area contributed by atoms with Crippen LogP contribution in [0.4, 0.5) is 0 Å². The number of carbonyl (C=O) groups is 1. The zero-order chi connectivity index (χ0) is 13.2. The van der Waals surface area contributed by atoms with Crippen LogP contribution in [0.5, 0.6) is 0 Å². The van der Waals surface area contributed by atoms with Crippen molar-refractivity contribution in [2.45, 2.75) is 32.6 Å². The van der Waals surface area contributed by atoms with Gasteiger partial charge in [0.15, 0.2) is 0 Å². The predicted molar refractivity (Wildman–Crippen MR) is 74.4 cm³/mol. The van der Waals surface area contributed by atoms with Crippen LogP contribution in [0, 0.1) is 12.3 Å². The van der Waals surface area contributed by atoms with Crippen LogP contribution in [0.15, 0.2) is 5.38 Å². The minimum absolute atomic E-state index is 0.117. The number of aliphatic hydroxyl groups is 1. The van der Waals surface area contributed by atoms with E-state index in [9.17, 15) is 9.90 Å². The summed E-state index contributed by atoms with van der Waals surface area (Å²) in [4.78, 5) is 12.6. The van der Waals surface area contributed by atoms with E-state index < -0.39 is 0 Å². The normalized spacial score (nSPS) is 17.9. The van der Waals surface area contributed by atoms with E-state index in [1.807, 2.05) is 12.3 Å². The van der Waals surface area contributed by atoms with Crippen LogP contribution in [-0.4, -0.2) is 24.2 Å². The lowest BCUT2D eigenvalue weighted by Gasteiger charge is -2.26. The van der Waals surface area contributed by atoms with Gasteiger partial charge in [0.25, 0.3) is 5.91 Å². The van der Waals surface area contributed by atoms with Gasteiger partial charge in [-0.05, 0) is 30.7 Å². The second-order valence-electron chi connectivity index (χ2n) is 5.11. The quantitative estimate of drug-likeness (QED) is 0.894. The number of carbonyl (C=O) groups excluding carboxylic acids is 1. The van der Waals surface area contributed by atoms with E-state index in [0.29, 0.717) is 16.4 Å². The summed E-state index contributed by atoms with van der Waals surface area (Å²) in [6, 6.07) is 0. The fourth-order valence-electron chi connectivity index (χ4n) is 2.45. The van der Waals surface area contributed by atoms with Gasteiger partial charge in [0.05, 0.1) is 11.6 Å². The summed E-state index contributed by atoms with van der Waals surface area (Å²) >= 11 is 7.43. The maximum Gasteiger partial charge on any atom is 0.262 e. The smallest absolute Gasteiger partial charge is 0.262 e. The summed E-state index contributed by atoms with van der Waals surface area (Å²) < 4.78 is 0. The molecule has 1 aliphatic carbocycles. The van der Waals surface area contributed by atoms with Crippen LogP contribution in [0.2, 0.25) is 5.02 Å². The van der Waals surface area contributed by atoms with E-state index in [2.05, 4.69) is 5.32 Å². The fraction of sp³-hybridized carbons (Fsp3) is 0.615. The maximum absolute atomic E-state index is 12.0. The van der Waals surface area contributed by atoms with Crippen LogP contribution >= 0.6 is 22.9 Å². The largest absolute Gasteiger partial charge is 0.396 e. The minimum Gasteiger partial charge on any atom is -0.396 e. The molecule has 2 rings (SSSR count). The lowest BCUT2D eigenvalue weighted by molar-refractivity contribution is 0.0884. The summed E-state index contributed by atoms with van der Waals surface area (Å²) in [7, 11) is 0. The first kappa shape index (κ1) is 13.8. The van der Waals surface area contributed by atoms with Crippen molar-refractivity contribution in [3.8, 4) is 0 Å². The van der Waals surface area contributed by atoms with Crippen molar-refractivity contribution in [1.82, 2.24) is 5.32 Å². The molecule has 0 saturated heterocycles. The predicted octanol–water partition coefficient (Wildman–Crippen LogP) is 2.99. The van der Waals surface area contributed by atoms with E-state index in [-0.39, 0.29) is 17.9 Å². The van der Waals surface area contributed by atoms with Crippen LogP contribution in [0.1, 0.15) is 40.9 Å². The van der Waals surface area contributed by atoms with E-state index in [1.54, 1.807) is 0 Å². The number of hydrogen-bond donors (Lipinski definition) is 2. The molecule has 1 heterocycles. The molecule has 2 N–H and O–H groups in total. The molecule has 1 fully saturated rings. The third-order valence-corrected chi connectivity index (χ3v) is 5.42. The molecule has 0 aliphatic heterocycles. The van der Waals surface area contributed by atoms with Crippen LogP contribution < -0.4 is 5.32 Å². The Kier molecular flexibility index (Phi) is 4.30. The molecule has 0 aromatic carbocycles. The molecule has 5 heteroatoms. The molecule has 1 amide bonds. The molecule has 0 radical (unpaired) electrons. The Morgan fingerprint density at radius 3 is 2.72 bits per heavy atom. The van der Waals surface area contributed by atoms with Crippen LogP contribution in [-0.2, 0) is 0 Å². The van der Waals surface area contributed by atoms with Crippen LogP contribution in [0.25, 0.3) is 0 Å². The van der Waals surface area contributed by atoms with Crippen molar-refractivity contribution >= 4 is 28.8 Å². The van der Waals surface area contributed by atoms with Gasteiger partial charge in [-0.2, -0.15) is 0 Å². The Balaban J connectivity index is 1.98. The Hall–Kier alpha value is -0.580. The van der Waals surface area contributed by atoms with Crippen molar-refractivity contribution in [3.63, 3.8) is 0 Å². The van der Waals surface area contributed by atoms with Gasteiger partial charge in [0.1, 0.15) is 4.88 Å². The van der Waals surface area contributed by atoms with Crippen molar-refractivity contribution in [3.05, 3.63) is 20.8 Å². The monoisotopic (exact) mass is 287 g/mol. The molecule has 0 spiro atoms. The van der Waals surface area contributed by atoms with Crippen molar-refractivity contribution in [2.24, 2.45) is 5.41 Å². The second kappa shape index (κ2) is 5.59. The average molecular weight is 288 g/mol. The topological polar surface area (TPSA) is 49.3 Å². The summed E-state index contributed by atoms with van der Waals surface area (Å²) in [5.74, 6) is -0.127. The van der Waals surface area contributed by atoms with Gasteiger partial charge in [-0.1, -0.05) is 24.4 Å². The second-order valence-corrected chi connectivity index (χ2v) is 6.37. The Labute approximate surface area is 116 Å². The zero-order valence-corrected chi connectivity index (χ0v) is 12.0. The summed E-state index contributed by atoms with van der Waals surface area (Å²) in [5.41, 5.74) is 0.818. The number of hydrogen-bond acceptors (Lipinski definition) is 3. The Bertz CT molecular complexity index is 438. The maximum atomic E-state index is 12.0. The first-order chi connectivity index (χ1) is 8.58. The molecule has 1 saturated carbocycles. The third-order valence-electron chi connectivity index (χ3n) is 3.73.